The highest BCUT2D eigenvalue weighted by Gasteiger charge is 2.28. The van der Waals surface area contributed by atoms with Crippen LogP contribution in [0.3, 0.4) is 0 Å². The molecule has 5 heteroatoms. The van der Waals surface area contributed by atoms with E-state index < -0.39 is 0 Å². The van der Waals surface area contributed by atoms with Gasteiger partial charge in [0.2, 0.25) is 0 Å². The highest BCUT2D eigenvalue weighted by Crippen LogP contribution is 2.21. The summed E-state index contributed by atoms with van der Waals surface area (Å²) in [6, 6.07) is 4.11. The fourth-order valence-electron chi connectivity index (χ4n) is 3.41. The Morgan fingerprint density at radius 2 is 1.81 bits per heavy atom. The first-order chi connectivity index (χ1) is 10.2. The average Bonchev–Trinajstić information content (AvgIpc) is 2.56. The molecule has 1 amide bonds. The van der Waals surface area contributed by atoms with Gasteiger partial charge in [-0.3, -0.25) is 4.79 Å². The Labute approximate surface area is 126 Å². The SMILES string of the molecule is Nc1ccc(C(=O)N2CCC(N3CCCCC3)CC2)nc1. The van der Waals surface area contributed by atoms with Crippen molar-refractivity contribution < 1.29 is 4.79 Å². The highest BCUT2D eigenvalue weighted by molar-refractivity contribution is 5.92. The topological polar surface area (TPSA) is 62.5 Å². The van der Waals surface area contributed by atoms with E-state index >= 15 is 0 Å². The van der Waals surface area contributed by atoms with Crippen molar-refractivity contribution in [3.8, 4) is 0 Å². The number of nitrogens with zero attached hydrogens (tertiary/aromatic N) is 3. The maximum absolute atomic E-state index is 12.4. The van der Waals surface area contributed by atoms with Crippen LogP contribution in [0.25, 0.3) is 0 Å². The molecule has 0 bridgehead atoms. The second kappa shape index (κ2) is 6.43. The molecule has 0 saturated carbocycles. The first-order valence-corrected chi connectivity index (χ1v) is 7.99. The van der Waals surface area contributed by atoms with Gasteiger partial charge in [0.25, 0.3) is 5.91 Å². The molecule has 2 fully saturated rings. The quantitative estimate of drug-likeness (QED) is 0.900. The number of carbonyl (C=O) groups excluding carboxylic acids is 1. The van der Waals surface area contributed by atoms with Gasteiger partial charge in [-0.2, -0.15) is 0 Å². The molecule has 2 aliphatic rings. The number of hydrogen-bond donors (Lipinski definition) is 1. The van der Waals surface area contributed by atoms with Crippen LogP contribution < -0.4 is 5.73 Å². The molecule has 0 unspecified atom stereocenters. The third-order valence-corrected chi connectivity index (χ3v) is 4.66. The molecule has 1 aromatic rings. The van der Waals surface area contributed by atoms with Crippen LogP contribution in [0.15, 0.2) is 18.3 Å². The predicted octanol–water partition coefficient (Wildman–Crippen LogP) is 1.75. The number of likely N-dealkylation sites (tertiary alicyclic amines) is 2. The Bertz CT molecular complexity index is 474. The first kappa shape index (κ1) is 14.3. The predicted molar refractivity (Wildman–Crippen MR) is 83.0 cm³/mol. The summed E-state index contributed by atoms with van der Waals surface area (Å²) in [5, 5.41) is 0. The van der Waals surface area contributed by atoms with E-state index in [9.17, 15) is 4.79 Å². The van der Waals surface area contributed by atoms with Gasteiger partial charge < -0.3 is 15.5 Å². The van der Waals surface area contributed by atoms with Gasteiger partial charge in [0.1, 0.15) is 5.69 Å². The molecule has 114 valence electrons. The minimum atomic E-state index is 0.0343. The molecule has 2 aliphatic heterocycles. The van der Waals surface area contributed by atoms with Crippen molar-refractivity contribution in [1.82, 2.24) is 14.8 Å². The average molecular weight is 288 g/mol. The molecule has 0 aliphatic carbocycles. The van der Waals surface area contributed by atoms with Crippen molar-refractivity contribution >= 4 is 11.6 Å². The summed E-state index contributed by atoms with van der Waals surface area (Å²) in [7, 11) is 0. The van der Waals surface area contributed by atoms with Crippen LogP contribution in [0.5, 0.6) is 0 Å². The molecule has 1 aromatic heterocycles. The fourth-order valence-corrected chi connectivity index (χ4v) is 3.41. The van der Waals surface area contributed by atoms with Crippen molar-refractivity contribution in [2.75, 3.05) is 31.9 Å². The lowest BCUT2D eigenvalue weighted by atomic mass is 9.99. The summed E-state index contributed by atoms with van der Waals surface area (Å²) >= 11 is 0. The molecule has 0 radical (unpaired) electrons. The van der Waals surface area contributed by atoms with Crippen molar-refractivity contribution in [1.29, 1.82) is 0 Å². The van der Waals surface area contributed by atoms with Crippen LogP contribution in [0, 0.1) is 0 Å². The van der Waals surface area contributed by atoms with Crippen molar-refractivity contribution in [3.63, 3.8) is 0 Å². The van der Waals surface area contributed by atoms with E-state index in [4.69, 9.17) is 5.73 Å². The third-order valence-electron chi connectivity index (χ3n) is 4.66. The monoisotopic (exact) mass is 288 g/mol. The maximum atomic E-state index is 12.4. The smallest absolute Gasteiger partial charge is 0.272 e. The summed E-state index contributed by atoms with van der Waals surface area (Å²) in [6.45, 7) is 4.15. The summed E-state index contributed by atoms with van der Waals surface area (Å²) in [4.78, 5) is 21.1. The number of piperidine rings is 2. The van der Waals surface area contributed by atoms with Crippen LogP contribution >= 0.6 is 0 Å². The van der Waals surface area contributed by atoms with Crippen LogP contribution in [0.2, 0.25) is 0 Å². The van der Waals surface area contributed by atoms with E-state index in [-0.39, 0.29) is 5.91 Å². The second-order valence-electron chi connectivity index (χ2n) is 6.10. The van der Waals surface area contributed by atoms with Gasteiger partial charge >= 0.3 is 0 Å². The lowest BCUT2D eigenvalue weighted by molar-refractivity contribution is 0.0585. The molecular formula is C16H24N4O. The standard InChI is InChI=1S/C16H24N4O/c17-13-4-5-15(18-12-13)16(21)20-10-6-14(7-11-20)19-8-2-1-3-9-19/h4-5,12,14H,1-3,6-11,17H2. The Morgan fingerprint density at radius 1 is 1.10 bits per heavy atom. The lowest BCUT2D eigenvalue weighted by Gasteiger charge is -2.40. The zero-order valence-corrected chi connectivity index (χ0v) is 12.5. The van der Waals surface area contributed by atoms with E-state index in [1.807, 2.05) is 4.90 Å². The normalized spacial score (nSPS) is 21.4. The van der Waals surface area contributed by atoms with Gasteiger partial charge in [-0.25, -0.2) is 4.98 Å². The fraction of sp³-hybridized carbons (Fsp3) is 0.625. The first-order valence-electron chi connectivity index (χ1n) is 7.99. The molecule has 0 atom stereocenters. The maximum Gasteiger partial charge on any atom is 0.272 e. The number of nitrogen functional groups attached to an aromatic ring is 1. The summed E-state index contributed by atoms with van der Waals surface area (Å²) in [5.74, 6) is 0.0343. The van der Waals surface area contributed by atoms with E-state index in [2.05, 4.69) is 9.88 Å². The molecule has 5 nitrogen and oxygen atoms in total. The zero-order valence-electron chi connectivity index (χ0n) is 12.5. The van der Waals surface area contributed by atoms with Crippen LogP contribution in [-0.4, -0.2) is 52.9 Å². The Balaban J connectivity index is 1.55. The van der Waals surface area contributed by atoms with Gasteiger partial charge in [0.15, 0.2) is 0 Å². The van der Waals surface area contributed by atoms with Crippen molar-refractivity contribution in [2.24, 2.45) is 0 Å². The molecule has 3 rings (SSSR count). The van der Waals surface area contributed by atoms with Crippen LogP contribution in [-0.2, 0) is 0 Å². The highest BCUT2D eigenvalue weighted by atomic mass is 16.2. The Kier molecular flexibility index (Phi) is 4.39. The number of pyridine rings is 1. The van der Waals surface area contributed by atoms with Gasteiger partial charge in [-0.15, -0.1) is 0 Å². The molecule has 0 spiro atoms. The number of anilines is 1. The van der Waals surface area contributed by atoms with Crippen molar-refractivity contribution in [3.05, 3.63) is 24.0 Å². The molecular weight excluding hydrogens is 264 g/mol. The minimum Gasteiger partial charge on any atom is -0.397 e. The number of aromatic nitrogens is 1. The molecule has 0 aromatic carbocycles. The van der Waals surface area contributed by atoms with E-state index in [0.29, 0.717) is 17.4 Å². The van der Waals surface area contributed by atoms with E-state index in [1.54, 1.807) is 18.3 Å². The number of carbonyl (C=O) groups is 1. The van der Waals surface area contributed by atoms with Gasteiger partial charge in [-0.1, -0.05) is 6.42 Å². The third kappa shape index (κ3) is 3.35. The van der Waals surface area contributed by atoms with Gasteiger partial charge in [-0.05, 0) is 50.9 Å². The molecule has 21 heavy (non-hydrogen) atoms. The summed E-state index contributed by atoms with van der Waals surface area (Å²) in [5.41, 5.74) is 6.71. The largest absolute Gasteiger partial charge is 0.397 e. The molecule has 2 saturated heterocycles. The molecule has 3 heterocycles. The van der Waals surface area contributed by atoms with Gasteiger partial charge in [0.05, 0.1) is 11.9 Å². The lowest BCUT2D eigenvalue weighted by Crippen LogP contribution is -2.48. The summed E-state index contributed by atoms with van der Waals surface area (Å²) < 4.78 is 0. The van der Waals surface area contributed by atoms with Crippen molar-refractivity contribution in [2.45, 2.75) is 38.1 Å². The van der Waals surface area contributed by atoms with Crippen LogP contribution in [0.4, 0.5) is 5.69 Å². The summed E-state index contributed by atoms with van der Waals surface area (Å²) in [6.07, 6.45) is 7.74. The van der Waals surface area contributed by atoms with E-state index in [0.717, 1.165) is 25.9 Å². The second-order valence-corrected chi connectivity index (χ2v) is 6.10. The number of amides is 1. The zero-order chi connectivity index (χ0) is 14.7. The number of hydrogen-bond acceptors (Lipinski definition) is 4. The number of nitrogens with two attached hydrogens (primary N) is 1. The van der Waals surface area contributed by atoms with E-state index in [1.165, 1.54) is 32.4 Å². The Morgan fingerprint density at radius 3 is 2.43 bits per heavy atom. The van der Waals surface area contributed by atoms with Gasteiger partial charge in [0, 0.05) is 19.1 Å². The molecule has 2 N–H and O–H groups in total. The Hall–Kier alpha value is -1.62. The number of rotatable bonds is 2. The van der Waals surface area contributed by atoms with Crippen LogP contribution in [0.1, 0.15) is 42.6 Å². The minimum absolute atomic E-state index is 0.0343.